The van der Waals surface area contributed by atoms with Crippen LogP contribution in [0.5, 0.6) is 0 Å². The zero-order valence-corrected chi connectivity index (χ0v) is 8.98. The van der Waals surface area contributed by atoms with Crippen molar-refractivity contribution in [1.29, 1.82) is 0 Å². The molecule has 2 rings (SSSR count). The fraction of sp³-hybridized carbons (Fsp3) is 0.300. The van der Waals surface area contributed by atoms with Crippen LogP contribution in [-0.4, -0.2) is 22.8 Å². The van der Waals surface area contributed by atoms with Crippen molar-refractivity contribution in [1.82, 2.24) is 0 Å². The number of hydrogen-bond acceptors (Lipinski definition) is 1. The molecular weight excluding hydrogens is 225 g/mol. The van der Waals surface area contributed by atoms with Gasteiger partial charge in [-0.3, -0.25) is 0 Å². The average molecular weight is 235 g/mol. The van der Waals surface area contributed by atoms with Crippen molar-refractivity contribution in [2.75, 3.05) is 0 Å². The van der Waals surface area contributed by atoms with Crippen LogP contribution < -0.4 is 5.73 Å². The molecule has 1 aromatic rings. The first-order chi connectivity index (χ1) is 6.20. The molecule has 0 heterocycles. The van der Waals surface area contributed by atoms with Crippen molar-refractivity contribution >= 4 is 22.8 Å². The first-order valence-electron chi connectivity index (χ1n) is 4.25. The molecule has 3 heteroatoms. The van der Waals surface area contributed by atoms with Gasteiger partial charge >= 0.3 is 85.7 Å². The van der Waals surface area contributed by atoms with Crippen LogP contribution in [-0.2, 0) is 11.2 Å². The van der Waals surface area contributed by atoms with Gasteiger partial charge in [-0.2, -0.15) is 0 Å². The molecule has 0 saturated heterocycles. The summed E-state index contributed by atoms with van der Waals surface area (Å²) in [5.74, 6) is -0.313. The molecule has 13 heavy (non-hydrogen) atoms. The van der Waals surface area contributed by atoms with Gasteiger partial charge in [0.05, 0.1) is 0 Å². The van der Waals surface area contributed by atoms with Gasteiger partial charge in [-0.05, 0) is 0 Å². The average Bonchev–Trinajstić information content (AvgIpc) is 2.39. The van der Waals surface area contributed by atoms with E-state index < -0.39 is 0 Å². The summed E-state index contributed by atoms with van der Waals surface area (Å²) in [5, 5.41) is 0. The summed E-state index contributed by atoms with van der Waals surface area (Å²) in [5.41, 5.74) is 7.73. The van der Waals surface area contributed by atoms with Crippen LogP contribution in [0, 0.1) is 0 Å². The first kappa shape index (κ1) is 8.83. The number of primary amides is 1. The maximum absolute atomic E-state index is 11.2. The predicted octanol–water partition coefficient (Wildman–Crippen LogP) is 0.769. The third kappa shape index (κ3) is 1.40. The third-order valence-corrected chi connectivity index (χ3v) is 3.52. The van der Waals surface area contributed by atoms with Crippen LogP contribution in [0.15, 0.2) is 24.3 Å². The van der Waals surface area contributed by atoms with E-state index in [0.717, 1.165) is 12.0 Å². The van der Waals surface area contributed by atoms with E-state index in [4.69, 9.17) is 5.73 Å². The van der Waals surface area contributed by atoms with Gasteiger partial charge in [0.15, 0.2) is 0 Å². The Bertz CT molecular complexity index is 351. The molecule has 1 amide bonds. The Hall–Kier alpha value is -0.752. The van der Waals surface area contributed by atoms with Gasteiger partial charge in [-0.1, -0.05) is 0 Å². The van der Waals surface area contributed by atoms with Crippen LogP contribution in [0.3, 0.4) is 0 Å². The van der Waals surface area contributed by atoms with Crippen LogP contribution in [0.4, 0.5) is 0 Å². The van der Waals surface area contributed by atoms with Crippen LogP contribution in [0.25, 0.3) is 0 Å². The second-order valence-corrected chi connectivity index (χ2v) is 4.74. The van der Waals surface area contributed by atoms with E-state index in [1.54, 1.807) is 0 Å². The SMILES string of the molecule is NC(=O)C1c2ccccc2C[C@@H]1[As]. The molecule has 0 aliphatic heterocycles. The van der Waals surface area contributed by atoms with Crippen molar-refractivity contribution in [2.45, 2.75) is 17.0 Å². The summed E-state index contributed by atoms with van der Waals surface area (Å²) in [7, 11) is 0. The summed E-state index contributed by atoms with van der Waals surface area (Å²) in [4.78, 5) is 11.2. The monoisotopic (exact) mass is 235 g/mol. The topological polar surface area (TPSA) is 43.1 Å². The van der Waals surface area contributed by atoms with Gasteiger partial charge in [0.1, 0.15) is 0 Å². The van der Waals surface area contributed by atoms with Crippen LogP contribution in [0.1, 0.15) is 17.0 Å². The number of nitrogens with two attached hydrogens (primary N) is 1. The number of carbonyl (C=O) groups is 1. The Kier molecular flexibility index (Phi) is 2.17. The van der Waals surface area contributed by atoms with Crippen molar-refractivity contribution in [2.24, 2.45) is 5.73 Å². The summed E-state index contributed by atoms with van der Waals surface area (Å²) < 4.78 is 0.294. The van der Waals surface area contributed by atoms with E-state index in [1.165, 1.54) is 5.56 Å². The summed E-state index contributed by atoms with van der Waals surface area (Å²) in [6, 6.07) is 8.03. The van der Waals surface area contributed by atoms with E-state index in [0.29, 0.717) is 4.71 Å². The molecule has 1 unspecified atom stereocenters. The molecule has 1 aliphatic carbocycles. The van der Waals surface area contributed by atoms with Crippen LogP contribution >= 0.6 is 0 Å². The molecule has 2 N–H and O–H groups in total. The van der Waals surface area contributed by atoms with Gasteiger partial charge in [0, 0.05) is 0 Å². The number of hydrogen-bond donors (Lipinski definition) is 1. The number of carbonyl (C=O) groups excluding carboxylic acids is 1. The van der Waals surface area contributed by atoms with Gasteiger partial charge < -0.3 is 0 Å². The molecule has 2 nitrogen and oxygen atoms in total. The summed E-state index contributed by atoms with van der Waals surface area (Å²) >= 11 is 2.55. The zero-order valence-electron chi connectivity index (χ0n) is 7.10. The van der Waals surface area contributed by atoms with Gasteiger partial charge in [-0.15, -0.1) is 0 Å². The van der Waals surface area contributed by atoms with E-state index in [1.807, 2.05) is 18.2 Å². The van der Waals surface area contributed by atoms with Crippen molar-refractivity contribution in [3.8, 4) is 0 Å². The molecule has 2 radical (unpaired) electrons. The van der Waals surface area contributed by atoms with Gasteiger partial charge in [-0.25, -0.2) is 0 Å². The molecule has 66 valence electrons. The Labute approximate surface area is 86.0 Å². The Morgan fingerprint density at radius 3 is 2.85 bits per heavy atom. The summed E-state index contributed by atoms with van der Waals surface area (Å²) in [6.07, 6.45) is 0.948. The minimum absolute atomic E-state index is 0.101. The van der Waals surface area contributed by atoms with Crippen LogP contribution in [0.2, 0.25) is 4.71 Å². The fourth-order valence-corrected chi connectivity index (χ4v) is 2.97. The molecule has 0 fully saturated rings. The second kappa shape index (κ2) is 3.19. The Morgan fingerprint density at radius 1 is 1.46 bits per heavy atom. The standard InChI is InChI=1S/C10H10AsNO/c11-8-5-6-3-1-2-4-7(6)9(8)10(12)13/h1-4,8-9H,5H2,(H2,12,13)/t8-,9?/m0/s1. The zero-order chi connectivity index (χ0) is 9.42. The molecular formula is C10H10AsNO. The molecule has 0 spiro atoms. The van der Waals surface area contributed by atoms with Gasteiger partial charge in [0.2, 0.25) is 0 Å². The molecule has 1 aliphatic rings. The van der Waals surface area contributed by atoms with E-state index >= 15 is 0 Å². The first-order valence-corrected chi connectivity index (χ1v) is 5.33. The number of fused-ring (bicyclic) bond motifs is 1. The number of rotatable bonds is 1. The molecule has 1 aromatic carbocycles. The fourth-order valence-electron chi connectivity index (χ4n) is 1.92. The molecule has 2 atom stereocenters. The Morgan fingerprint density at radius 2 is 2.15 bits per heavy atom. The van der Waals surface area contributed by atoms with E-state index in [2.05, 4.69) is 22.9 Å². The van der Waals surface area contributed by atoms with E-state index in [9.17, 15) is 4.79 Å². The number of benzene rings is 1. The maximum atomic E-state index is 11.2. The van der Waals surface area contributed by atoms with Crippen molar-refractivity contribution in [3.05, 3.63) is 35.4 Å². The predicted molar refractivity (Wildman–Crippen MR) is 51.6 cm³/mol. The molecule has 0 saturated carbocycles. The number of amides is 1. The Balaban J connectivity index is 2.46. The molecule has 0 bridgehead atoms. The minimum atomic E-state index is -0.212. The van der Waals surface area contributed by atoms with Gasteiger partial charge in [0.25, 0.3) is 0 Å². The molecule has 0 aromatic heterocycles. The normalized spacial score (nSPS) is 25.6. The van der Waals surface area contributed by atoms with E-state index in [-0.39, 0.29) is 11.8 Å². The van der Waals surface area contributed by atoms with Crippen molar-refractivity contribution < 1.29 is 4.79 Å². The van der Waals surface area contributed by atoms with Crippen molar-refractivity contribution in [3.63, 3.8) is 0 Å². The quantitative estimate of drug-likeness (QED) is 0.718. The third-order valence-electron chi connectivity index (χ3n) is 2.51. The summed E-state index contributed by atoms with van der Waals surface area (Å²) in [6.45, 7) is 0. The second-order valence-electron chi connectivity index (χ2n) is 3.35.